The number of ether oxygens (including phenoxy) is 1. The van der Waals surface area contributed by atoms with Gasteiger partial charge in [0, 0.05) is 17.2 Å². The van der Waals surface area contributed by atoms with Gasteiger partial charge in [0.1, 0.15) is 23.2 Å². The monoisotopic (exact) mass is 680 g/mol. The number of allylic oxidation sites excluding steroid dienone is 1. The van der Waals surface area contributed by atoms with Gasteiger partial charge >= 0.3 is 6.11 Å². The van der Waals surface area contributed by atoms with Gasteiger partial charge in [-0.1, -0.05) is 74.4 Å². The minimum Gasteiger partial charge on any atom is -0.429 e. The van der Waals surface area contributed by atoms with E-state index in [0.29, 0.717) is 36.6 Å². The summed E-state index contributed by atoms with van der Waals surface area (Å²) in [6.45, 7) is 2.17. The van der Waals surface area contributed by atoms with Crippen LogP contribution in [0.3, 0.4) is 0 Å². The van der Waals surface area contributed by atoms with E-state index in [9.17, 15) is 22.0 Å². The predicted molar refractivity (Wildman–Crippen MR) is 175 cm³/mol. The highest BCUT2D eigenvalue weighted by Crippen LogP contribution is 2.36. The molecule has 0 fully saturated rings. The summed E-state index contributed by atoms with van der Waals surface area (Å²) < 4.78 is 120. The third-order valence-electron chi connectivity index (χ3n) is 8.07. The largest absolute Gasteiger partial charge is 0.429 e. The van der Waals surface area contributed by atoms with Gasteiger partial charge in [-0.15, -0.1) is 0 Å². The molecule has 5 rings (SSSR count). The molecule has 49 heavy (non-hydrogen) atoms. The molecule has 0 radical (unpaired) electrons. The van der Waals surface area contributed by atoms with Gasteiger partial charge < -0.3 is 4.74 Å². The molecule has 5 aromatic rings. The number of alkyl halides is 2. The summed E-state index contributed by atoms with van der Waals surface area (Å²) in [4.78, 5) is 0. The summed E-state index contributed by atoms with van der Waals surface area (Å²) >= 11 is 0. The minimum atomic E-state index is -4.15. The smallest absolute Gasteiger partial charge is 0.429 e. The van der Waals surface area contributed by atoms with Crippen LogP contribution in [0.1, 0.15) is 54.9 Å². The van der Waals surface area contributed by atoms with Crippen LogP contribution in [0.2, 0.25) is 0 Å². The summed E-state index contributed by atoms with van der Waals surface area (Å²) in [5.74, 6) is -8.55. The Morgan fingerprint density at radius 1 is 0.592 bits per heavy atom. The van der Waals surface area contributed by atoms with Crippen LogP contribution >= 0.6 is 0 Å². The molecule has 0 atom stereocenters. The number of hydrogen-bond donors (Lipinski definition) is 0. The quantitative estimate of drug-likeness (QED) is 0.0683. The summed E-state index contributed by atoms with van der Waals surface area (Å²) in [7, 11) is 0. The van der Waals surface area contributed by atoms with Crippen LogP contribution in [0.15, 0.2) is 97.1 Å². The Hall–Kier alpha value is -4.92. The zero-order chi connectivity index (χ0) is 35.1. The molecule has 0 saturated carbocycles. The Labute approximate surface area is 279 Å². The third-order valence-corrected chi connectivity index (χ3v) is 8.07. The molecular weight excluding hydrogens is 648 g/mol. The van der Waals surface area contributed by atoms with Gasteiger partial charge in [-0.3, -0.25) is 0 Å². The van der Waals surface area contributed by atoms with Gasteiger partial charge in [0.05, 0.1) is 5.56 Å². The fourth-order valence-corrected chi connectivity index (χ4v) is 5.42. The zero-order valence-corrected chi connectivity index (χ0v) is 26.5. The van der Waals surface area contributed by atoms with Crippen molar-refractivity contribution in [3.63, 3.8) is 0 Å². The first kappa shape index (κ1) is 35.4. The summed E-state index contributed by atoms with van der Waals surface area (Å²) in [5, 5.41) is 0. The maximum atomic E-state index is 15.0. The lowest BCUT2D eigenvalue weighted by Gasteiger charge is -2.19. The third kappa shape index (κ3) is 8.76. The van der Waals surface area contributed by atoms with Gasteiger partial charge in [0.25, 0.3) is 0 Å². The van der Waals surface area contributed by atoms with E-state index in [1.54, 1.807) is 0 Å². The number of hydrogen-bond acceptors (Lipinski definition) is 1. The molecule has 0 bridgehead atoms. The lowest BCUT2D eigenvalue weighted by atomic mass is 9.99. The molecule has 0 saturated heterocycles. The van der Waals surface area contributed by atoms with Crippen LogP contribution < -0.4 is 4.74 Å². The van der Waals surface area contributed by atoms with Crippen molar-refractivity contribution in [2.45, 2.75) is 51.6 Å². The Kier molecular flexibility index (Phi) is 11.2. The van der Waals surface area contributed by atoms with E-state index >= 15 is 13.2 Å². The second kappa shape index (κ2) is 15.5. The van der Waals surface area contributed by atoms with Crippen LogP contribution in [0.5, 0.6) is 5.75 Å². The highest BCUT2D eigenvalue weighted by molar-refractivity contribution is 5.72. The summed E-state index contributed by atoms with van der Waals surface area (Å²) in [6, 6.07) is 18.8. The molecule has 0 aliphatic carbocycles. The molecule has 0 spiro atoms. The zero-order valence-electron chi connectivity index (χ0n) is 26.5. The van der Waals surface area contributed by atoms with Crippen molar-refractivity contribution in [1.29, 1.82) is 0 Å². The van der Waals surface area contributed by atoms with Crippen LogP contribution in [0, 0.1) is 34.9 Å². The molecule has 0 aliphatic heterocycles. The topological polar surface area (TPSA) is 9.23 Å². The van der Waals surface area contributed by atoms with Gasteiger partial charge in [-0.2, -0.15) is 8.78 Å². The number of aryl methyl sites for hydroxylation is 2. The normalized spacial score (nSPS) is 11.8. The van der Waals surface area contributed by atoms with Crippen LogP contribution in [-0.2, 0) is 19.0 Å². The van der Waals surface area contributed by atoms with Gasteiger partial charge in [0.15, 0.2) is 17.5 Å². The summed E-state index contributed by atoms with van der Waals surface area (Å²) in [5.41, 5.74) is 1.03. The first-order valence-electron chi connectivity index (χ1n) is 15.8. The van der Waals surface area contributed by atoms with Crippen molar-refractivity contribution < 1.29 is 39.9 Å². The fourth-order valence-electron chi connectivity index (χ4n) is 5.42. The average molecular weight is 681 g/mol. The molecule has 9 heteroatoms. The highest BCUT2D eigenvalue weighted by atomic mass is 19.3. The van der Waals surface area contributed by atoms with Crippen molar-refractivity contribution in [2.24, 2.45) is 0 Å². The highest BCUT2D eigenvalue weighted by Gasteiger charge is 2.38. The van der Waals surface area contributed by atoms with Gasteiger partial charge in [-0.25, -0.2) is 26.3 Å². The number of rotatable bonds is 13. The first-order valence-corrected chi connectivity index (χ1v) is 15.8. The molecule has 0 N–H and O–H groups in total. The molecule has 0 amide bonds. The first-order chi connectivity index (χ1) is 23.4. The number of halogens is 8. The number of unbranched alkanes of at least 4 members (excludes halogenated alkanes) is 2. The predicted octanol–water partition coefficient (Wildman–Crippen LogP) is 12.4. The molecule has 1 nitrogen and oxygen atoms in total. The lowest BCUT2D eigenvalue weighted by molar-refractivity contribution is -0.187. The van der Waals surface area contributed by atoms with Crippen molar-refractivity contribution in [3.8, 4) is 28.0 Å². The maximum Gasteiger partial charge on any atom is 0.429 e. The molecule has 0 heterocycles. The molecule has 0 aliphatic rings. The Morgan fingerprint density at radius 2 is 1.22 bits per heavy atom. The minimum absolute atomic E-state index is 0.0210. The van der Waals surface area contributed by atoms with E-state index in [1.807, 2.05) is 24.3 Å². The van der Waals surface area contributed by atoms with Gasteiger partial charge in [-0.05, 0) is 96.0 Å². The molecular formula is C40H32F8O. The Balaban J connectivity index is 1.21. The molecule has 254 valence electrons. The van der Waals surface area contributed by atoms with E-state index < -0.39 is 52.3 Å². The van der Waals surface area contributed by atoms with Crippen LogP contribution in [-0.4, -0.2) is 0 Å². The van der Waals surface area contributed by atoms with Crippen molar-refractivity contribution >= 4 is 6.08 Å². The molecule has 0 aromatic heterocycles. The molecule has 0 unspecified atom stereocenters. The van der Waals surface area contributed by atoms with E-state index in [-0.39, 0.29) is 22.3 Å². The second-order valence-electron chi connectivity index (χ2n) is 11.7. The molecule has 5 aromatic carbocycles. The Morgan fingerprint density at radius 3 is 1.88 bits per heavy atom. The SMILES string of the molecule is CCCCCc1ccc(C=CCCc2ccc(C(F)(F)Oc3ccc(-c4ccc(-c5cc(F)c(F)c(F)c5)c(F)c4)c(F)c3)c(F)c2)cc1. The average Bonchev–Trinajstić information content (AvgIpc) is 3.06. The lowest BCUT2D eigenvalue weighted by Crippen LogP contribution is -2.23. The number of benzene rings is 5. The van der Waals surface area contributed by atoms with Gasteiger partial charge in [0.2, 0.25) is 0 Å². The standard InChI is InChI=1S/C40H32F8O/c1-2-3-4-7-25-10-12-26(13-11-25)8-5-6-9-27-14-19-33(36(43)20-27)40(47,48)49-30-16-18-31(35(42)24-30)28-15-17-32(34(41)21-28)29-22-37(44)39(46)38(45)23-29/h5,8,10-24H,2-4,6-7,9H2,1H3. The van der Waals surface area contributed by atoms with E-state index in [2.05, 4.69) is 19.1 Å². The van der Waals surface area contributed by atoms with Crippen LogP contribution in [0.4, 0.5) is 35.1 Å². The second-order valence-corrected chi connectivity index (χ2v) is 11.7. The van der Waals surface area contributed by atoms with Crippen molar-refractivity contribution in [1.82, 2.24) is 0 Å². The van der Waals surface area contributed by atoms with E-state index in [4.69, 9.17) is 4.74 Å². The maximum absolute atomic E-state index is 15.0. The fraction of sp³-hybridized carbons (Fsp3) is 0.200. The van der Waals surface area contributed by atoms with Crippen molar-refractivity contribution in [2.75, 3.05) is 0 Å². The van der Waals surface area contributed by atoms with E-state index in [0.717, 1.165) is 54.8 Å². The Bertz CT molecular complexity index is 1930. The summed E-state index contributed by atoms with van der Waals surface area (Å²) in [6.07, 6.45) is 5.29. The van der Waals surface area contributed by atoms with Crippen LogP contribution in [0.25, 0.3) is 28.3 Å². The van der Waals surface area contributed by atoms with Crippen molar-refractivity contribution in [3.05, 3.63) is 154 Å². The van der Waals surface area contributed by atoms with E-state index in [1.165, 1.54) is 30.5 Å².